The molecular weight excluding hydrogens is 684 g/mol. The van der Waals surface area contributed by atoms with Gasteiger partial charge in [-0.2, -0.15) is 0 Å². The number of likely N-dealkylation sites (tertiary alicyclic amines) is 2. The van der Waals surface area contributed by atoms with Crippen LogP contribution in [0.3, 0.4) is 0 Å². The van der Waals surface area contributed by atoms with Gasteiger partial charge in [0.25, 0.3) is 0 Å². The first-order valence-corrected chi connectivity index (χ1v) is 19.2. The number of benzene rings is 2. The van der Waals surface area contributed by atoms with Gasteiger partial charge in [0, 0.05) is 31.9 Å². The predicted molar refractivity (Wildman–Crippen MR) is 207 cm³/mol. The molecule has 3 N–H and O–H groups in total. The first kappa shape index (κ1) is 39.0. The predicted octanol–water partition coefficient (Wildman–Crippen LogP) is 8.81. The van der Waals surface area contributed by atoms with E-state index < -0.39 is 11.2 Å². The Kier molecular flexibility index (Phi) is 11.8. The third-order valence-corrected chi connectivity index (χ3v) is 9.74. The van der Waals surface area contributed by atoms with E-state index in [4.69, 9.17) is 19.2 Å². The average Bonchev–Trinajstić information content (AvgIpc) is 3.93. The molecular formula is C42H56N6O6. The maximum absolute atomic E-state index is 13.1. The third-order valence-electron chi connectivity index (χ3n) is 9.74. The fraction of sp³-hybridized carbons (Fsp3) is 0.524. The zero-order chi connectivity index (χ0) is 38.6. The number of nitrogens with zero attached hydrogens (tertiary/aromatic N) is 4. The van der Waals surface area contributed by atoms with Gasteiger partial charge in [-0.05, 0) is 96.3 Å². The Bertz CT molecular complexity index is 1870. The molecule has 4 heterocycles. The number of imidazole rings is 2. The van der Waals surface area contributed by atoms with Gasteiger partial charge >= 0.3 is 12.2 Å². The number of ether oxygens (including phenoxy) is 3. The second kappa shape index (κ2) is 16.4. The summed E-state index contributed by atoms with van der Waals surface area (Å²) in [6.45, 7) is 15.6. The van der Waals surface area contributed by atoms with Crippen molar-refractivity contribution in [3.8, 4) is 33.6 Å². The Morgan fingerprint density at radius 2 is 1.31 bits per heavy atom. The molecule has 2 aromatic carbocycles. The number of aromatic nitrogens is 4. The van der Waals surface area contributed by atoms with Crippen LogP contribution in [0.4, 0.5) is 9.59 Å². The van der Waals surface area contributed by atoms with Crippen molar-refractivity contribution >= 4 is 12.2 Å². The number of carbonyl (C=O) groups is 2. The molecule has 0 spiro atoms. The lowest BCUT2D eigenvalue weighted by atomic mass is 10.0. The molecule has 0 saturated carbocycles. The van der Waals surface area contributed by atoms with Crippen LogP contribution >= 0.6 is 0 Å². The van der Waals surface area contributed by atoms with Crippen molar-refractivity contribution in [2.24, 2.45) is 5.92 Å². The number of hydrogen-bond donors (Lipinski definition) is 3. The van der Waals surface area contributed by atoms with E-state index in [0.717, 1.165) is 76.7 Å². The topological polar surface area (TPSA) is 146 Å². The summed E-state index contributed by atoms with van der Waals surface area (Å²) < 4.78 is 17.5. The SMILES string of the molecule is CC(CCO)COCc1[nH]c(C2CCCN2C(=O)OC(C)(C)C)nc1-c1ccc(-c2ccc(-c3cnc(C4CCCN4C(=O)OC(C)(C)C)[nH]3)cc2)cc1. The van der Waals surface area contributed by atoms with Gasteiger partial charge in [0.2, 0.25) is 0 Å². The molecule has 3 unspecified atom stereocenters. The highest BCUT2D eigenvalue weighted by Gasteiger charge is 2.36. The van der Waals surface area contributed by atoms with Crippen LogP contribution in [0.25, 0.3) is 33.6 Å². The van der Waals surface area contributed by atoms with Crippen molar-refractivity contribution in [1.82, 2.24) is 29.7 Å². The zero-order valence-electron chi connectivity index (χ0n) is 32.8. The lowest BCUT2D eigenvalue weighted by Crippen LogP contribution is -2.36. The highest BCUT2D eigenvalue weighted by Crippen LogP contribution is 2.36. The highest BCUT2D eigenvalue weighted by molar-refractivity contribution is 5.73. The number of nitrogens with one attached hydrogen (secondary N) is 2. The van der Waals surface area contributed by atoms with Crippen LogP contribution in [0, 0.1) is 5.92 Å². The van der Waals surface area contributed by atoms with E-state index in [9.17, 15) is 14.7 Å². The van der Waals surface area contributed by atoms with Gasteiger partial charge in [-0.3, -0.25) is 9.80 Å². The summed E-state index contributed by atoms with van der Waals surface area (Å²) in [6.07, 6.45) is 5.27. The van der Waals surface area contributed by atoms with Gasteiger partial charge < -0.3 is 29.3 Å². The molecule has 2 aromatic heterocycles. The zero-order valence-corrected chi connectivity index (χ0v) is 32.8. The first-order valence-electron chi connectivity index (χ1n) is 19.2. The molecule has 2 aliphatic rings. The van der Waals surface area contributed by atoms with E-state index in [1.807, 2.05) is 47.7 Å². The van der Waals surface area contributed by atoms with Gasteiger partial charge in [-0.15, -0.1) is 0 Å². The standard InChI is InChI=1S/C42H56N6O6/c1-27(20-23-49)25-52-26-33-36(46-38(45-33)35-11-9-22-48(35)40(51)54-42(5,6)7)31-18-14-29(15-19-31)28-12-16-30(17-13-28)32-24-43-37(44-32)34-10-8-21-47(34)39(50)53-41(2,3)4/h12-19,24,27,34-35,49H,8-11,20-23,25-26H2,1-7H3,(H,43,44)(H,45,46). The van der Waals surface area contributed by atoms with Crippen molar-refractivity contribution in [2.75, 3.05) is 26.3 Å². The minimum Gasteiger partial charge on any atom is -0.444 e. The third kappa shape index (κ3) is 9.51. The van der Waals surface area contributed by atoms with E-state index in [1.54, 1.807) is 9.80 Å². The normalized spacial score (nSPS) is 18.3. The summed E-state index contributed by atoms with van der Waals surface area (Å²) in [5.41, 5.74) is 5.47. The van der Waals surface area contributed by atoms with Crippen LogP contribution < -0.4 is 0 Å². The van der Waals surface area contributed by atoms with Gasteiger partial charge in [0.15, 0.2) is 0 Å². The van der Waals surface area contributed by atoms with Gasteiger partial charge in [-0.1, -0.05) is 55.5 Å². The number of rotatable bonds is 11. The summed E-state index contributed by atoms with van der Waals surface area (Å²) in [5.74, 6) is 1.72. The van der Waals surface area contributed by atoms with E-state index in [1.165, 1.54) is 0 Å². The summed E-state index contributed by atoms with van der Waals surface area (Å²) in [6, 6.07) is 16.3. The molecule has 6 rings (SSSR count). The number of aromatic amines is 2. The molecule has 12 nitrogen and oxygen atoms in total. The molecule has 0 radical (unpaired) electrons. The molecule has 12 heteroatoms. The summed E-state index contributed by atoms with van der Waals surface area (Å²) in [5, 5.41) is 9.34. The van der Waals surface area contributed by atoms with Crippen molar-refractivity contribution in [2.45, 2.75) is 110 Å². The molecule has 0 aliphatic carbocycles. The Morgan fingerprint density at radius 3 is 1.85 bits per heavy atom. The van der Waals surface area contributed by atoms with E-state index >= 15 is 0 Å². The Morgan fingerprint density at radius 1 is 0.796 bits per heavy atom. The Labute approximate surface area is 318 Å². The second-order valence-corrected chi connectivity index (χ2v) is 16.6. The van der Waals surface area contributed by atoms with Gasteiger partial charge in [0.05, 0.1) is 42.0 Å². The van der Waals surface area contributed by atoms with Gasteiger partial charge in [0.1, 0.15) is 22.9 Å². The van der Waals surface area contributed by atoms with E-state index in [2.05, 4.69) is 70.4 Å². The van der Waals surface area contributed by atoms with Crippen molar-refractivity contribution < 1.29 is 28.9 Å². The Balaban J connectivity index is 1.18. The van der Waals surface area contributed by atoms with Crippen LogP contribution in [-0.2, 0) is 20.8 Å². The minimum atomic E-state index is -0.588. The van der Waals surface area contributed by atoms with Crippen LogP contribution in [0.15, 0.2) is 54.7 Å². The van der Waals surface area contributed by atoms with Crippen LogP contribution in [0.5, 0.6) is 0 Å². The number of aliphatic hydroxyl groups is 1. The molecule has 290 valence electrons. The summed E-state index contributed by atoms with van der Waals surface area (Å²) in [7, 11) is 0. The molecule has 0 bridgehead atoms. The maximum Gasteiger partial charge on any atom is 0.410 e. The van der Waals surface area contributed by atoms with E-state index in [-0.39, 0.29) is 36.8 Å². The van der Waals surface area contributed by atoms with Crippen molar-refractivity contribution in [3.63, 3.8) is 0 Å². The summed E-state index contributed by atoms with van der Waals surface area (Å²) in [4.78, 5) is 46.2. The number of carbonyl (C=O) groups excluding carboxylic acids is 2. The highest BCUT2D eigenvalue weighted by atomic mass is 16.6. The largest absolute Gasteiger partial charge is 0.444 e. The Hall–Kier alpha value is -4.68. The smallest absolute Gasteiger partial charge is 0.410 e. The average molecular weight is 741 g/mol. The molecule has 2 amide bonds. The van der Waals surface area contributed by atoms with Crippen molar-refractivity contribution in [1.29, 1.82) is 0 Å². The fourth-order valence-corrected chi connectivity index (χ4v) is 7.09. The van der Waals surface area contributed by atoms with E-state index in [0.29, 0.717) is 32.7 Å². The van der Waals surface area contributed by atoms with Crippen molar-refractivity contribution in [3.05, 3.63) is 72.1 Å². The molecule has 2 saturated heterocycles. The lowest BCUT2D eigenvalue weighted by Gasteiger charge is -2.27. The monoisotopic (exact) mass is 740 g/mol. The molecule has 54 heavy (non-hydrogen) atoms. The molecule has 3 atom stereocenters. The second-order valence-electron chi connectivity index (χ2n) is 16.6. The number of aliphatic hydroxyl groups excluding tert-OH is 1. The maximum atomic E-state index is 13.1. The quantitative estimate of drug-likeness (QED) is 0.138. The number of amides is 2. The minimum absolute atomic E-state index is 0.127. The molecule has 2 aliphatic heterocycles. The lowest BCUT2D eigenvalue weighted by molar-refractivity contribution is 0.0208. The molecule has 2 fully saturated rings. The van der Waals surface area contributed by atoms with Crippen LogP contribution in [0.2, 0.25) is 0 Å². The van der Waals surface area contributed by atoms with Crippen LogP contribution in [0.1, 0.15) is 110 Å². The van der Waals surface area contributed by atoms with Gasteiger partial charge in [-0.25, -0.2) is 19.6 Å². The summed E-state index contributed by atoms with van der Waals surface area (Å²) >= 11 is 0. The van der Waals surface area contributed by atoms with Crippen LogP contribution in [-0.4, -0.2) is 84.5 Å². The first-order chi connectivity index (χ1) is 25.7. The number of H-pyrrole nitrogens is 2. The number of hydrogen-bond acceptors (Lipinski definition) is 8. The molecule has 4 aromatic rings. The fourth-order valence-electron chi connectivity index (χ4n) is 7.09.